The molecule has 1 atom stereocenters. The molecule has 1 fully saturated rings. The Balaban J connectivity index is 1.80. The Morgan fingerprint density at radius 3 is 3.24 bits per heavy atom. The van der Waals surface area contributed by atoms with Crippen LogP contribution in [0.1, 0.15) is 12.6 Å². The maximum atomic E-state index is 11.8. The fourth-order valence-corrected chi connectivity index (χ4v) is 2.51. The molecule has 1 aromatic heterocycles. The normalized spacial score (nSPS) is 21.4. The molecule has 1 N–H and O–H groups in total. The topological polar surface area (TPSA) is 54.5 Å². The van der Waals surface area contributed by atoms with Crippen LogP contribution in [0.25, 0.3) is 0 Å². The van der Waals surface area contributed by atoms with Crippen molar-refractivity contribution in [1.82, 2.24) is 9.88 Å². The summed E-state index contributed by atoms with van der Waals surface area (Å²) in [6.45, 7) is 6.67. The minimum Gasteiger partial charge on any atom is -0.376 e. The maximum absolute atomic E-state index is 11.8. The molecule has 0 bridgehead atoms. The first kappa shape index (κ1) is 12.5. The van der Waals surface area contributed by atoms with Gasteiger partial charge < -0.3 is 10.1 Å². The Kier molecular flexibility index (Phi) is 4.09. The number of carbonyl (C=O) groups excluding carboxylic acids is 1. The van der Waals surface area contributed by atoms with Gasteiger partial charge in [0.2, 0.25) is 5.91 Å². The zero-order chi connectivity index (χ0) is 12.3. The number of hydrogen-bond donors (Lipinski definition) is 1. The van der Waals surface area contributed by atoms with Crippen LogP contribution in [0.2, 0.25) is 0 Å². The lowest BCUT2D eigenvalue weighted by molar-refractivity contribution is -0.119. The summed E-state index contributed by atoms with van der Waals surface area (Å²) in [5.74, 6) is -0.00606. The molecule has 0 saturated carbocycles. The summed E-state index contributed by atoms with van der Waals surface area (Å²) in [7, 11) is 0. The number of anilines is 1. The minimum atomic E-state index is -0.00606. The number of nitrogens with one attached hydrogen (secondary N) is 1. The number of morpholine rings is 1. The van der Waals surface area contributed by atoms with Gasteiger partial charge in [0.1, 0.15) is 0 Å². The Morgan fingerprint density at radius 2 is 2.59 bits per heavy atom. The molecular weight excluding hydrogens is 238 g/mol. The fraction of sp³-hybridized carbons (Fsp3) is 0.636. The standard InChI is InChI=1S/C11H17N3O2S/c1-8-7-17-11(12-8)13-10(15)6-14-3-4-16-9(2)5-14/h7,9H,3-6H2,1-2H3,(H,12,13,15)/t9-/m0/s1. The van der Waals surface area contributed by atoms with Gasteiger partial charge in [-0.1, -0.05) is 0 Å². The highest BCUT2D eigenvalue weighted by atomic mass is 32.1. The lowest BCUT2D eigenvalue weighted by Crippen LogP contribution is -2.44. The van der Waals surface area contributed by atoms with Crippen molar-refractivity contribution in [3.8, 4) is 0 Å². The van der Waals surface area contributed by atoms with Crippen molar-refractivity contribution in [2.45, 2.75) is 20.0 Å². The van der Waals surface area contributed by atoms with Gasteiger partial charge in [0.15, 0.2) is 5.13 Å². The second kappa shape index (κ2) is 5.57. The van der Waals surface area contributed by atoms with E-state index >= 15 is 0 Å². The SMILES string of the molecule is Cc1csc(NC(=O)CN2CCO[C@@H](C)C2)n1. The van der Waals surface area contributed by atoms with Crippen LogP contribution < -0.4 is 5.32 Å². The molecular formula is C11H17N3O2S. The van der Waals surface area contributed by atoms with Gasteiger partial charge >= 0.3 is 0 Å². The molecule has 1 aliphatic rings. The van der Waals surface area contributed by atoms with E-state index in [-0.39, 0.29) is 12.0 Å². The van der Waals surface area contributed by atoms with Crippen molar-refractivity contribution >= 4 is 22.4 Å². The second-order valence-corrected chi connectivity index (χ2v) is 5.12. The molecule has 0 radical (unpaired) electrons. The highest BCUT2D eigenvalue weighted by Gasteiger charge is 2.19. The molecule has 5 nitrogen and oxygen atoms in total. The Bertz CT molecular complexity index is 394. The van der Waals surface area contributed by atoms with Crippen molar-refractivity contribution in [2.24, 2.45) is 0 Å². The number of aromatic nitrogens is 1. The van der Waals surface area contributed by atoms with E-state index < -0.39 is 0 Å². The van der Waals surface area contributed by atoms with Crippen molar-refractivity contribution < 1.29 is 9.53 Å². The summed E-state index contributed by atoms with van der Waals surface area (Å²) < 4.78 is 5.43. The van der Waals surface area contributed by atoms with E-state index in [9.17, 15) is 4.79 Å². The van der Waals surface area contributed by atoms with Crippen molar-refractivity contribution in [3.63, 3.8) is 0 Å². The first-order valence-electron chi connectivity index (χ1n) is 5.69. The molecule has 1 aliphatic heterocycles. The molecule has 0 unspecified atom stereocenters. The van der Waals surface area contributed by atoms with E-state index in [1.807, 2.05) is 19.2 Å². The molecule has 1 saturated heterocycles. The average Bonchev–Trinajstić information content (AvgIpc) is 2.63. The third kappa shape index (κ3) is 3.76. The first-order chi connectivity index (χ1) is 8.13. The maximum Gasteiger partial charge on any atom is 0.240 e. The van der Waals surface area contributed by atoms with Gasteiger partial charge in [-0.2, -0.15) is 0 Å². The monoisotopic (exact) mass is 255 g/mol. The number of rotatable bonds is 3. The molecule has 6 heteroatoms. The number of carbonyl (C=O) groups is 1. The van der Waals surface area contributed by atoms with Gasteiger partial charge in [-0.25, -0.2) is 4.98 Å². The number of aryl methyl sites for hydroxylation is 1. The molecule has 1 amide bonds. The smallest absolute Gasteiger partial charge is 0.240 e. The van der Waals surface area contributed by atoms with Crippen LogP contribution in [0.15, 0.2) is 5.38 Å². The predicted molar refractivity (Wildman–Crippen MR) is 67.3 cm³/mol. The average molecular weight is 255 g/mol. The van der Waals surface area contributed by atoms with Gasteiger partial charge in [0.25, 0.3) is 0 Å². The number of nitrogens with zero attached hydrogens (tertiary/aromatic N) is 2. The van der Waals surface area contributed by atoms with E-state index in [0.29, 0.717) is 18.3 Å². The Labute approximate surface area is 105 Å². The summed E-state index contributed by atoms with van der Waals surface area (Å²) in [6.07, 6.45) is 0.207. The third-order valence-electron chi connectivity index (χ3n) is 2.56. The molecule has 2 heterocycles. The molecule has 2 rings (SSSR count). The lowest BCUT2D eigenvalue weighted by atomic mass is 10.3. The molecule has 0 spiro atoms. The Morgan fingerprint density at radius 1 is 1.76 bits per heavy atom. The lowest BCUT2D eigenvalue weighted by Gasteiger charge is -2.30. The van der Waals surface area contributed by atoms with Crippen LogP contribution in [-0.2, 0) is 9.53 Å². The Hall–Kier alpha value is -0.980. The molecule has 1 aromatic rings. The minimum absolute atomic E-state index is 0.00606. The van der Waals surface area contributed by atoms with E-state index in [2.05, 4.69) is 15.2 Å². The highest BCUT2D eigenvalue weighted by molar-refractivity contribution is 7.13. The van der Waals surface area contributed by atoms with Crippen molar-refractivity contribution in [1.29, 1.82) is 0 Å². The fourth-order valence-electron chi connectivity index (χ4n) is 1.81. The first-order valence-corrected chi connectivity index (χ1v) is 6.57. The van der Waals surface area contributed by atoms with Crippen molar-refractivity contribution in [2.75, 3.05) is 31.6 Å². The number of ether oxygens (including phenoxy) is 1. The van der Waals surface area contributed by atoms with E-state index in [4.69, 9.17) is 4.74 Å². The van der Waals surface area contributed by atoms with Gasteiger partial charge in [-0.15, -0.1) is 11.3 Å². The summed E-state index contributed by atoms with van der Waals surface area (Å²) in [5.41, 5.74) is 0.935. The summed E-state index contributed by atoms with van der Waals surface area (Å²) in [6, 6.07) is 0. The molecule has 17 heavy (non-hydrogen) atoms. The second-order valence-electron chi connectivity index (χ2n) is 4.26. The third-order valence-corrected chi connectivity index (χ3v) is 3.43. The summed E-state index contributed by atoms with van der Waals surface area (Å²) in [5, 5.41) is 5.41. The molecule has 94 valence electrons. The van der Waals surface area contributed by atoms with Crippen LogP contribution in [-0.4, -0.2) is 48.1 Å². The quantitative estimate of drug-likeness (QED) is 0.879. The van der Waals surface area contributed by atoms with Crippen molar-refractivity contribution in [3.05, 3.63) is 11.1 Å². The van der Waals surface area contributed by atoms with Gasteiger partial charge in [-0.05, 0) is 13.8 Å². The van der Waals surface area contributed by atoms with Crippen LogP contribution in [0.5, 0.6) is 0 Å². The highest BCUT2D eigenvalue weighted by Crippen LogP contribution is 2.14. The van der Waals surface area contributed by atoms with Crippen LogP contribution in [0, 0.1) is 6.92 Å². The summed E-state index contributed by atoms with van der Waals surface area (Å²) >= 11 is 1.45. The van der Waals surface area contributed by atoms with Crippen LogP contribution >= 0.6 is 11.3 Å². The molecule has 0 aliphatic carbocycles. The largest absolute Gasteiger partial charge is 0.376 e. The molecule has 0 aromatic carbocycles. The van der Waals surface area contributed by atoms with Gasteiger partial charge in [0, 0.05) is 18.5 Å². The number of thiazole rings is 1. The van der Waals surface area contributed by atoms with E-state index in [0.717, 1.165) is 18.8 Å². The van der Waals surface area contributed by atoms with E-state index in [1.165, 1.54) is 11.3 Å². The zero-order valence-corrected chi connectivity index (χ0v) is 10.9. The zero-order valence-electron chi connectivity index (χ0n) is 10.1. The van der Waals surface area contributed by atoms with Crippen LogP contribution in [0.4, 0.5) is 5.13 Å². The number of hydrogen-bond acceptors (Lipinski definition) is 5. The van der Waals surface area contributed by atoms with E-state index in [1.54, 1.807) is 0 Å². The predicted octanol–water partition coefficient (Wildman–Crippen LogP) is 1.11. The summed E-state index contributed by atoms with van der Waals surface area (Å²) in [4.78, 5) is 18.1. The van der Waals surface area contributed by atoms with Crippen LogP contribution in [0.3, 0.4) is 0 Å². The van der Waals surface area contributed by atoms with Gasteiger partial charge in [-0.3, -0.25) is 9.69 Å². The number of amides is 1. The van der Waals surface area contributed by atoms with Gasteiger partial charge in [0.05, 0.1) is 24.9 Å².